The lowest BCUT2D eigenvalue weighted by Crippen LogP contribution is -2.39. The molecule has 6 heteroatoms. The summed E-state index contributed by atoms with van der Waals surface area (Å²) in [6.07, 6.45) is 4.61. The number of carbonyl (C=O) groups is 1. The van der Waals surface area contributed by atoms with Crippen LogP contribution in [0, 0.1) is 12.3 Å². The maximum absolute atomic E-state index is 13.3. The monoisotopic (exact) mass is 373 g/mol. The largest absolute Gasteiger partial charge is 0.338 e. The third kappa shape index (κ3) is 2.96. The summed E-state index contributed by atoms with van der Waals surface area (Å²) >= 11 is 3.53. The number of hydrogen-bond acceptors (Lipinski definition) is 5. The summed E-state index contributed by atoms with van der Waals surface area (Å²) < 4.78 is 0. The zero-order chi connectivity index (χ0) is 17.4. The van der Waals surface area contributed by atoms with Gasteiger partial charge in [-0.05, 0) is 25.5 Å². The molecule has 25 heavy (non-hydrogen) atoms. The number of likely N-dealkylation sites (tertiary alicyclic amines) is 2. The standard InChI is InChI=1S/C19H23N3OS2/c1-3-8-22-9-6-19(18(22)23)13-21(11-15-5-4-14(2)25-15)12-16(19)17-20-7-10-24-17/h3-5,7,10,16H,1,6,8-9,11-13H2,2H3/t16-,19-/m1/s1. The summed E-state index contributed by atoms with van der Waals surface area (Å²) in [6.45, 7) is 10.1. The summed E-state index contributed by atoms with van der Waals surface area (Å²) in [4.78, 5) is 25.0. The summed E-state index contributed by atoms with van der Waals surface area (Å²) in [7, 11) is 0. The Hall–Kier alpha value is -1.50. The second-order valence-electron chi connectivity index (χ2n) is 7.05. The van der Waals surface area contributed by atoms with E-state index in [0.29, 0.717) is 6.54 Å². The van der Waals surface area contributed by atoms with Crippen molar-refractivity contribution in [3.05, 3.63) is 51.1 Å². The molecule has 0 bridgehead atoms. The summed E-state index contributed by atoms with van der Waals surface area (Å²) in [5.41, 5.74) is -0.312. The fourth-order valence-electron chi connectivity index (χ4n) is 4.30. The van der Waals surface area contributed by atoms with Gasteiger partial charge in [0, 0.05) is 60.0 Å². The summed E-state index contributed by atoms with van der Waals surface area (Å²) in [5, 5.41) is 3.13. The molecule has 2 aliphatic rings. The van der Waals surface area contributed by atoms with E-state index in [1.54, 1.807) is 11.3 Å². The van der Waals surface area contributed by atoms with Crippen molar-refractivity contribution < 1.29 is 4.79 Å². The quantitative estimate of drug-likeness (QED) is 0.753. The average Bonchev–Trinajstić information content (AvgIpc) is 3.35. The van der Waals surface area contributed by atoms with Gasteiger partial charge in [-0.25, -0.2) is 4.98 Å². The van der Waals surface area contributed by atoms with Gasteiger partial charge in [0.05, 0.1) is 10.4 Å². The van der Waals surface area contributed by atoms with Crippen LogP contribution < -0.4 is 0 Å². The fourth-order valence-corrected chi connectivity index (χ4v) is 6.08. The second-order valence-corrected chi connectivity index (χ2v) is 9.35. The molecule has 132 valence electrons. The Kier molecular flexibility index (Phi) is 4.52. The first-order chi connectivity index (χ1) is 12.1. The normalized spacial score (nSPS) is 26.8. The Morgan fingerprint density at radius 3 is 3.04 bits per heavy atom. The number of aromatic nitrogens is 1. The Morgan fingerprint density at radius 1 is 1.48 bits per heavy atom. The topological polar surface area (TPSA) is 36.4 Å². The van der Waals surface area contributed by atoms with Crippen LogP contribution >= 0.6 is 22.7 Å². The molecule has 2 atom stereocenters. The molecule has 0 unspecified atom stereocenters. The number of hydrogen-bond donors (Lipinski definition) is 0. The van der Waals surface area contributed by atoms with Crippen LogP contribution in [0.15, 0.2) is 36.4 Å². The average molecular weight is 374 g/mol. The lowest BCUT2D eigenvalue weighted by atomic mass is 9.77. The summed E-state index contributed by atoms with van der Waals surface area (Å²) in [6, 6.07) is 4.39. The predicted molar refractivity (Wildman–Crippen MR) is 103 cm³/mol. The van der Waals surface area contributed by atoms with E-state index >= 15 is 0 Å². The molecule has 2 aromatic heterocycles. The maximum Gasteiger partial charge on any atom is 0.231 e. The van der Waals surface area contributed by atoms with Crippen molar-refractivity contribution in [1.82, 2.24) is 14.8 Å². The van der Waals surface area contributed by atoms with Gasteiger partial charge >= 0.3 is 0 Å². The van der Waals surface area contributed by atoms with Crippen molar-refractivity contribution in [1.29, 1.82) is 0 Å². The number of amides is 1. The second kappa shape index (κ2) is 6.67. The van der Waals surface area contributed by atoms with Crippen LogP contribution in [-0.4, -0.2) is 46.9 Å². The van der Waals surface area contributed by atoms with Crippen LogP contribution in [0.2, 0.25) is 0 Å². The molecule has 0 N–H and O–H groups in total. The molecule has 1 amide bonds. The fraction of sp³-hybridized carbons (Fsp3) is 0.474. The van der Waals surface area contributed by atoms with Gasteiger partial charge in [-0.1, -0.05) is 6.08 Å². The highest BCUT2D eigenvalue weighted by atomic mass is 32.1. The van der Waals surface area contributed by atoms with Gasteiger partial charge in [0.2, 0.25) is 5.91 Å². The van der Waals surface area contributed by atoms with E-state index in [1.165, 1.54) is 9.75 Å². The van der Waals surface area contributed by atoms with Crippen molar-refractivity contribution in [3.8, 4) is 0 Å². The Bertz CT molecular complexity index is 769. The van der Waals surface area contributed by atoms with E-state index in [9.17, 15) is 4.79 Å². The van der Waals surface area contributed by atoms with Gasteiger partial charge < -0.3 is 4.90 Å². The van der Waals surface area contributed by atoms with E-state index in [4.69, 9.17) is 0 Å². The van der Waals surface area contributed by atoms with Crippen molar-refractivity contribution in [2.75, 3.05) is 26.2 Å². The molecule has 4 rings (SSSR count). The van der Waals surface area contributed by atoms with Gasteiger partial charge in [0.25, 0.3) is 0 Å². The Balaban J connectivity index is 1.61. The molecular formula is C19H23N3OS2. The molecule has 4 heterocycles. The van der Waals surface area contributed by atoms with Crippen LogP contribution in [0.1, 0.15) is 27.1 Å². The smallest absolute Gasteiger partial charge is 0.231 e. The lowest BCUT2D eigenvalue weighted by molar-refractivity contribution is -0.135. The highest BCUT2D eigenvalue weighted by Crippen LogP contribution is 2.50. The Morgan fingerprint density at radius 2 is 2.36 bits per heavy atom. The molecule has 2 aliphatic heterocycles. The third-order valence-electron chi connectivity index (χ3n) is 5.43. The van der Waals surface area contributed by atoms with Gasteiger partial charge in [0.15, 0.2) is 0 Å². The molecule has 4 nitrogen and oxygen atoms in total. The molecule has 2 fully saturated rings. The van der Waals surface area contributed by atoms with Crippen LogP contribution in [0.5, 0.6) is 0 Å². The minimum atomic E-state index is -0.312. The van der Waals surface area contributed by atoms with Crippen molar-refractivity contribution in [3.63, 3.8) is 0 Å². The van der Waals surface area contributed by atoms with E-state index in [2.05, 4.69) is 35.5 Å². The first-order valence-electron chi connectivity index (χ1n) is 8.70. The highest BCUT2D eigenvalue weighted by Gasteiger charge is 2.57. The predicted octanol–water partition coefficient (Wildman–Crippen LogP) is 3.52. The Labute approximate surface area is 156 Å². The molecular weight excluding hydrogens is 350 g/mol. The number of aryl methyl sites for hydroxylation is 1. The molecule has 2 aromatic rings. The number of rotatable bonds is 5. The van der Waals surface area contributed by atoms with Gasteiger partial charge in [0.1, 0.15) is 0 Å². The zero-order valence-corrected chi connectivity index (χ0v) is 16.1. The summed E-state index contributed by atoms with van der Waals surface area (Å²) in [5.74, 6) is 0.494. The van der Waals surface area contributed by atoms with Gasteiger partial charge in [-0.2, -0.15) is 0 Å². The van der Waals surface area contributed by atoms with E-state index in [0.717, 1.165) is 37.6 Å². The van der Waals surface area contributed by atoms with Crippen LogP contribution in [0.3, 0.4) is 0 Å². The minimum Gasteiger partial charge on any atom is -0.338 e. The van der Waals surface area contributed by atoms with Crippen LogP contribution in [-0.2, 0) is 11.3 Å². The SMILES string of the molecule is C=CCN1CC[C@]2(CN(Cc3ccc(C)s3)C[C@@H]2c2nccs2)C1=O. The maximum atomic E-state index is 13.3. The highest BCUT2D eigenvalue weighted by molar-refractivity contribution is 7.11. The number of thiophene rings is 1. The number of nitrogens with zero attached hydrogens (tertiary/aromatic N) is 3. The third-order valence-corrected chi connectivity index (χ3v) is 7.30. The number of carbonyl (C=O) groups excluding carboxylic acids is 1. The molecule has 0 saturated carbocycles. The van der Waals surface area contributed by atoms with Crippen molar-refractivity contribution >= 4 is 28.6 Å². The van der Waals surface area contributed by atoms with Crippen molar-refractivity contribution in [2.45, 2.75) is 25.8 Å². The van der Waals surface area contributed by atoms with Gasteiger partial charge in [-0.3, -0.25) is 9.69 Å². The minimum absolute atomic E-state index is 0.205. The first-order valence-corrected chi connectivity index (χ1v) is 10.4. The van der Waals surface area contributed by atoms with Crippen LogP contribution in [0.25, 0.3) is 0 Å². The first kappa shape index (κ1) is 16.9. The van der Waals surface area contributed by atoms with E-state index in [1.807, 2.05) is 33.9 Å². The van der Waals surface area contributed by atoms with Gasteiger partial charge in [-0.15, -0.1) is 29.3 Å². The number of thiazole rings is 1. The van der Waals surface area contributed by atoms with E-state index in [-0.39, 0.29) is 17.2 Å². The zero-order valence-electron chi connectivity index (χ0n) is 14.5. The van der Waals surface area contributed by atoms with Crippen LogP contribution in [0.4, 0.5) is 0 Å². The molecule has 0 aliphatic carbocycles. The van der Waals surface area contributed by atoms with E-state index < -0.39 is 0 Å². The molecule has 1 spiro atoms. The molecule has 2 saturated heterocycles. The van der Waals surface area contributed by atoms with Crippen molar-refractivity contribution in [2.24, 2.45) is 5.41 Å². The molecule has 0 aromatic carbocycles. The molecule has 0 radical (unpaired) electrons. The lowest BCUT2D eigenvalue weighted by Gasteiger charge is -2.27.